The third kappa shape index (κ3) is 4.52. The second-order valence-electron chi connectivity index (χ2n) is 10.3. The molecule has 0 bridgehead atoms. The predicted molar refractivity (Wildman–Crippen MR) is 137 cm³/mol. The molecule has 3 heterocycles. The smallest absolute Gasteiger partial charge is 0.243 e. The first kappa shape index (κ1) is 22.5. The molecule has 1 amide bonds. The van der Waals surface area contributed by atoms with Gasteiger partial charge in [-0.3, -0.25) is 4.79 Å². The van der Waals surface area contributed by atoms with E-state index in [1.54, 1.807) is 5.01 Å². The highest BCUT2D eigenvalue weighted by Gasteiger charge is 2.31. The fourth-order valence-electron chi connectivity index (χ4n) is 6.17. The summed E-state index contributed by atoms with van der Waals surface area (Å²) in [7, 11) is 0. The monoisotopic (exact) mass is 472 g/mol. The number of nitrogens with zero attached hydrogens (tertiary/aromatic N) is 4. The maximum Gasteiger partial charge on any atom is 0.243 e. The van der Waals surface area contributed by atoms with Gasteiger partial charge in [-0.25, -0.2) is 9.40 Å². The molecule has 6 rings (SSSR count). The minimum atomic E-state index is -0.214. The molecular formula is C29H33FN4O. The van der Waals surface area contributed by atoms with Crippen LogP contribution in [0.3, 0.4) is 0 Å². The standard InChI is InChI=1S/C29H33FN4O/c30-23-9-11-24(12-10-23)33-20-26(25-6-2-4-8-28(25)33)21-13-15-32(16-14-21)17-18-34-29(35)19-22-5-1-3-7-27(22)31-34/h2,4,6,8-12,20-22H,1,3,5,7,13-19H2. The summed E-state index contributed by atoms with van der Waals surface area (Å²) in [6.07, 6.45) is 9.73. The van der Waals surface area contributed by atoms with E-state index in [0.29, 0.717) is 24.8 Å². The molecule has 5 nitrogen and oxygen atoms in total. The number of likely N-dealkylation sites (tertiary alicyclic amines) is 1. The van der Waals surface area contributed by atoms with Crippen LogP contribution in [-0.2, 0) is 4.79 Å². The molecule has 2 fully saturated rings. The summed E-state index contributed by atoms with van der Waals surface area (Å²) in [6.45, 7) is 3.64. The number of fused-ring (bicyclic) bond motifs is 2. The highest BCUT2D eigenvalue weighted by atomic mass is 19.1. The largest absolute Gasteiger partial charge is 0.316 e. The van der Waals surface area contributed by atoms with E-state index >= 15 is 0 Å². The topological polar surface area (TPSA) is 40.8 Å². The van der Waals surface area contributed by atoms with Crippen molar-refractivity contribution in [3.63, 3.8) is 0 Å². The van der Waals surface area contributed by atoms with E-state index in [4.69, 9.17) is 5.10 Å². The van der Waals surface area contributed by atoms with Gasteiger partial charge in [-0.05, 0) is 87.0 Å². The number of carbonyl (C=O) groups excluding carboxylic acids is 1. The molecular weight excluding hydrogens is 439 g/mol. The molecule has 3 aliphatic rings. The molecule has 2 aromatic carbocycles. The van der Waals surface area contributed by atoms with Crippen LogP contribution in [0, 0.1) is 11.7 Å². The molecule has 6 heteroatoms. The summed E-state index contributed by atoms with van der Waals surface area (Å²) in [5.74, 6) is 0.885. The first-order chi connectivity index (χ1) is 17.2. The van der Waals surface area contributed by atoms with Crippen molar-refractivity contribution >= 4 is 22.5 Å². The number of piperidine rings is 1. The average Bonchev–Trinajstić information content (AvgIpc) is 3.28. The molecule has 1 unspecified atom stereocenters. The fraction of sp³-hybridized carbons (Fsp3) is 0.448. The molecule has 35 heavy (non-hydrogen) atoms. The molecule has 1 aromatic heterocycles. The van der Waals surface area contributed by atoms with Crippen LogP contribution in [0.2, 0.25) is 0 Å². The van der Waals surface area contributed by atoms with E-state index in [1.807, 2.05) is 12.1 Å². The summed E-state index contributed by atoms with van der Waals surface area (Å²) in [6, 6.07) is 15.2. The summed E-state index contributed by atoms with van der Waals surface area (Å²) in [4.78, 5) is 15.1. The van der Waals surface area contributed by atoms with Crippen LogP contribution in [0.5, 0.6) is 0 Å². The number of amides is 1. The number of carbonyl (C=O) groups is 1. The summed E-state index contributed by atoms with van der Waals surface area (Å²) < 4.78 is 15.7. The molecule has 0 N–H and O–H groups in total. The quantitative estimate of drug-likeness (QED) is 0.476. The number of hydrogen-bond acceptors (Lipinski definition) is 3. The Labute approximate surface area is 206 Å². The van der Waals surface area contributed by atoms with Gasteiger partial charge in [0.05, 0.1) is 12.1 Å². The van der Waals surface area contributed by atoms with E-state index in [1.165, 1.54) is 47.2 Å². The summed E-state index contributed by atoms with van der Waals surface area (Å²) >= 11 is 0. The first-order valence-corrected chi connectivity index (χ1v) is 13.1. The molecule has 0 radical (unpaired) electrons. The zero-order valence-corrected chi connectivity index (χ0v) is 20.2. The Kier molecular flexibility index (Phi) is 6.15. The number of halogens is 1. The van der Waals surface area contributed by atoms with Crippen molar-refractivity contribution < 1.29 is 9.18 Å². The zero-order chi connectivity index (χ0) is 23.8. The van der Waals surface area contributed by atoms with Gasteiger partial charge in [-0.1, -0.05) is 24.6 Å². The minimum absolute atomic E-state index is 0.198. The van der Waals surface area contributed by atoms with Gasteiger partial charge in [-0.15, -0.1) is 0 Å². The van der Waals surface area contributed by atoms with E-state index < -0.39 is 0 Å². The van der Waals surface area contributed by atoms with Gasteiger partial charge < -0.3 is 9.47 Å². The highest BCUT2D eigenvalue weighted by molar-refractivity contribution is 5.95. The van der Waals surface area contributed by atoms with Gasteiger partial charge in [0, 0.05) is 41.9 Å². The van der Waals surface area contributed by atoms with Crippen LogP contribution >= 0.6 is 0 Å². The fourth-order valence-corrected chi connectivity index (χ4v) is 6.17. The Balaban J connectivity index is 1.12. The van der Waals surface area contributed by atoms with Crippen molar-refractivity contribution in [1.82, 2.24) is 14.5 Å². The van der Waals surface area contributed by atoms with Crippen LogP contribution in [0.1, 0.15) is 56.4 Å². The number of aromatic nitrogens is 1. The second-order valence-corrected chi connectivity index (χ2v) is 10.3. The molecule has 1 saturated heterocycles. The third-order valence-corrected chi connectivity index (χ3v) is 8.17. The van der Waals surface area contributed by atoms with Gasteiger partial charge in [0.15, 0.2) is 0 Å². The summed E-state index contributed by atoms with van der Waals surface area (Å²) in [5, 5.41) is 7.78. The average molecular weight is 473 g/mol. The molecule has 1 saturated carbocycles. The Morgan fingerprint density at radius 1 is 0.914 bits per heavy atom. The maximum atomic E-state index is 13.5. The number of hydrazone groups is 1. The SMILES string of the molecule is O=C1CC2CCCCC2=NN1CCN1CCC(c2cn(-c3ccc(F)cc3)c3ccccc23)CC1. The van der Waals surface area contributed by atoms with Crippen LogP contribution in [-0.4, -0.2) is 52.3 Å². The number of para-hydroxylation sites is 1. The zero-order valence-electron chi connectivity index (χ0n) is 20.2. The summed E-state index contributed by atoms with van der Waals surface area (Å²) in [5.41, 5.74) is 4.79. The number of benzene rings is 2. The lowest BCUT2D eigenvalue weighted by atomic mass is 9.84. The van der Waals surface area contributed by atoms with E-state index in [0.717, 1.165) is 51.0 Å². The first-order valence-electron chi connectivity index (χ1n) is 13.1. The van der Waals surface area contributed by atoms with Crippen LogP contribution in [0.15, 0.2) is 59.8 Å². The molecule has 1 aliphatic carbocycles. The minimum Gasteiger partial charge on any atom is -0.316 e. The van der Waals surface area contributed by atoms with Crippen molar-refractivity contribution in [2.75, 3.05) is 26.2 Å². The maximum absolute atomic E-state index is 13.5. The lowest BCUT2D eigenvalue weighted by molar-refractivity contribution is -0.133. The van der Waals surface area contributed by atoms with Crippen molar-refractivity contribution in [2.45, 2.75) is 50.9 Å². The molecule has 0 spiro atoms. The lowest BCUT2D eigenvalue weighted by Crippen LogP contribution is -2.43. The lowest BCUT2D eigenvalue weighted by Gasteiger charge is -2.35. The molecule has 2 aliphatic heterocycles. The number of rotatable bonds is 5. The van der Waals surface area contributed by atoms with Crippen LogP contribution in [0.4, 0.5) is 4.39 Å². The van der Waals surface area contributed by atoms with E-state index in [-0.39, 0.29) is 11.7 Å². The predicted octanol–water partition coefficient (Wildman–Crippen LogP) is 5.73. The Hall–Kier alpha value is -2.99. The van der Waals surface area contributed by atoms with Crippen molar-refractivity contribution in [2.24, 2.45) is 11.0 Å². The van der Waals surface area contributed by atoms with Gasteiger partial charge in [0.2, 0.25) is 5.91 Å². The molecule has 3 aromatic rings. The van der Waals surface area contributed by atoms with Crippen molar-refractivity contribution in [3.8, 4) is 5.69 Å². The third-order valence-electron chi connectivity index (χ3n) is 8.17. The van der Waals surface area contributed by atoms with Gasteiger partial charge >= 0.3 is 0 Å². The van der Waals surface area contributed by atoms with E-state index in [9.17, 15) is 9.18 Å². The Bertz CT molecular complexity index is 1240. The van der Waals surface area contributed by atoms with Crippen LogP contribution < -0.4 is 0 Å². The van der Waals surface area contributed by atoms with E-state index in [2.05, 4.69) is 39.9 Å². The normalized spacial score (nSPS) is 21.9. The van der Waals surface area contributed by atoms with Crippen molar-refractivity contribution in [1.29, 1.82) is 0 Å². The second kappa shape index (κ2) is 9.57. The van der Waals surface area contributed by atoms with Gasteiger partial charge in [0.1, 0.15) is 5.82 Å². The molecule has 1 atom stereocenters. The van der Waals surface area contributed by atoms with Crippen LogP contribution in [0.25, 0.3) is 16.6 Å². The number of hydrogen-bond donors (Lipinski definition) is 0. The van der Waals surface area contributed by atoms with Crippen molar-refractivity contribution in [3.05, 3.63) is 66.1 Å². The van der Waals surface area contributed by atoms with Gasteiger partial charge in [-0.2, -0.15) is 5.10 Å². The Morgan fingerprint density at radius 2 is 1.71 bits per heavy atom. The molecule has 182 valence electrons. The Morgan fingerprint density at radius 3 is 2.54 bits per heavy atom. The highest BCUT2D eigenvalue weighted by Crippen LogP contribution is 2.36. The van der Waals surface area contributed by atoms with Gasteiger partial charge in [0.25, 0.3) is 0 Å².